The molecule has 12 heteroatoms. The number of halogens is 4. The van der Waals surface area contributed by atoms with E-state index in [0.717, 1.165) is 6.07 Å². The van der Waals surface area contributed by atoms with Gasteiger partial charge < -0.3 is 10.6 Å². The smallest absolute Gasteiger partial charge is 0.308 e. The second kappa shape index (κ2) is 8.82. The molecule has 0 aliphatic carbocycles. The lowest BCUT2D eigenvalue weighted by molar-refractivity contribution is -0.137. The average molecular weight is 471 g/mol. The van der Waals surface area contributed by atoms with Gasteiger partial charge in [0, 0.05) is 17.6 Å². The molecule has 3 N–H and O–H groups in total. The highest BCUT2D eigenvalue weighted by molar-refractivity contribution is 7.92. The molecule has 0 saturated heterocycles. The molecule has 3 rings (SSSR count). The van der Waals surface area contributed by atoms with Crippen molar-refractivity contribution in [1.82, 2.24) is 4.98 Å². The van der Waals surface area contributed by atoms with Crippen molar-refractivity contribution in [2.75, 3.05) is 15.4 Å². The molecule has 3 aromatic rings. The predicted molar refractivity (Wildman–Crippen MR) is 111 cm³/mol. The number of carbonyl (C=O) groups is 1. The third kappa shape index (κ3) is 5.86. The van der Waals surface area contributed by atoms with Crippen LogP contribution in [0.3, 0.4) is 0 Å². The summed E-state index contributed by atoms with van der Waals surface area (Å²) >= 11 is 5.54. The van der Waals surface area contributed by atoms with E-state index in [4.69, 9.17) is 11.6 Å². The Kier molecular flexibility index (Phi) is 6.37. The first-order valence-electron chi connectivity index (χ1n) is 8.53. The first-order chi connectivity index (χ1) is 14.5. The Balaban J connectivity index is 1.67. The van der Waals surface area contributed by atoms with Crippen LogP contribution in [0.2, 0.25) is 5.02 Å². The Morgan fingerprint density at radius 1 is 0.935 bits per heavy atom. The van der Waals surface area contributed by atoms with E-state index < -0.39 is 32.8 Å². The number of aromatic nitrogens is 1. The van der Waals surface area contributed by atoms with E-state index in [1.165, 1.54) is 42.6 Å². The van der Waals surface area contributed by atoms with Crippen LogP contribution in [0.5, 0.6) is 0 Å². The lowest BCUT2D eigenvalue weighted by atomic mass is 10.2. The first-order valence-corrected chi connectivity index (χ1v) is 10.4. The molecule has 0 atom stereocenters. The monoisotopic (exact) mass is 470 g/mol. The summed E-state index contributed by atoms with van der Waals surface area (Å²) in [5.74, 6) is 0.144. The largest absolute Gasteiger partial charge is 0.417 e. The zero-order valence-electron chi connectivity index (χ0n) is 15.4. The third-order valence-corrected chi connectivity index (χ3v) is 5.56. The minimum Gasteiger partial charge on any atom is -0.308 e. The van der Waals surface area contributed by atoms with Crippen LogP contribution in [-0.4, -0.2) is 19.4 Å². The van der Waals surface area contributed by atoms with E-state index >= 15 is 0 Å². The maximum Gasteiger partial charge on any atom is 0.417 e. The van der Waals surface area contributed by atoms with Gasteiger partial charge in [0.15, 0.2) is 0 Å². The number of pyridine rings is 1. The minimum absolute atomic E-state index is 0.0726. The van der Waals surface area contributed by atoms with Gasteiger partial charge in [0.25, 0.3) is 10.0 Å². The van der Waals surface area contributed by atoms with Crippen LogP contribution < -0.4 is 15.4 Å². The molecule has 1 aromatic heterocycles. The van der Waals surface area contributed by atoms with Crippen molar-refractivity contribution in [3.63, 3.8) is 0 Å². The Labute approximate surface area is 180 Å². The Morgan fingerprint density at radius 3 is 2.19 bits per heavy atom. The van der Waals surface area contributed by atoms with Gasteiger partial charge in [-0.1, -0.05) is 17.7 Å². The number of hydrogen-bond donors (Lipinski definition) is 3. The summed E-state index contributed by atoms with van der Waals surface area (Å²) in [7, 11) is -3.89. The first kappa shape index (κ1) is 22.4. The summed E-state index contributed by atoms with van der Waals surface area (Å²) in [6, 6.07) is 12.0. The molecule has 0 aliphatic heterocycles. The van der Waals surface area contributed by atoms with Crippen molar-refractivity contribution < 1.29 is 26.4 Å². The van der Waals surface area contributed by atoms with Gasteiger partial charge in [0.1, 0.15) is 5.82 Å². The van der Waals surface area contributed by atoms with Crippen LogP contribution in [0, 0.1) is 0 Å². The van der Waals surface area contributed by atoms with Crippen molar-refractivity contribution in [3.05, 3.63) is 77.4 Å². The van der Waals surface area contributed by atoms with E-state index in [1.807, 2.05) is 0 Å². The highest BCUT2D eigenvalue weighted by Gasteiger charge is 2.33. The van der Waals surface area contributed by atoms with Gasteiger partial charge in [-0.15, -0.1) is 0 Å². The Morgan fingerprint density at radius 2 is 1.58 bits per heavy atom. The van der Waals surface area contributed by atoms with Gasteiger partial charge in [-0.2, -0.15) is 13.2 Å². The maximum atomic E-state index is 12.9. The number of alkyl halides is 3. The van der Waals surface area contributed by atoms with Crippen LogP contribution >= 0.6 is 11.6 Å². The molecular formula is C19H14ClF3N4O3S. The SMILES string of the molecule is O=C(Nc1ccc(S(=O)(=O)Nc2ccccn2)cc1)Nc1ccc(Cl)c(C(F)(F)F)c1. The zero-order valence-corrected chi connectivity index (χ0v) is 17.0. The van der Waals surface area contributed by atoms with Crippen molar-refractivity contribution >= 4 is 44.8 Å². The number of rotatable bonds is 5. The molecule has 7 nitrogen and oxygen atoms in total. The van der Waals surface area contributed by atoms with E-state index in [2.05, 4.69) is 20.3 Å². The van der Waals surface area contributed by atoms with Crippen molar-refractivity contribution in [2.24, 2.45) is 0 Å². The quantitative estimate of drug-likeness (QED) is 0.477. The summed E-state index contributed by atoms with van der Waals surface area (Å²) in [5, 5.41) is 4.17. The normalized spacial score (nSPS) is 11.6. The van der Waals surface area contributed by atoms with Gasteiger partial charge in [-0.3, -0.25) is 4.72 Å². The van der Waals surface area contributed by atoms with Gasteiger partial charge in [0.2, 0.25) is 0 Å². The Hall–Kier alpha value is -3.31. The summed E-state index contributed by atoms with van der Waals surface area (Å²) in [6.45, 7) is 0. The molecule has 0 aliphatic rings. The molecule has 0 radical (unpaired) electrons. The number of benzene rings is 2. The van der Waals surface area contributed by atoms with E-state index in [9.17, 15) is 26.4 Å². The summed E-state index contributed by atoms with van der Waals surface area (Å²) < 4.78 is 65.8. The molecule has 0 spiro atoms. The van der Waals surface area contributed by atoms with Crippen LogP contribution in [0.25, 0.3) is 0 Å². The second-order valence-electron chi connectivity index (χ2n) is 6.12. The number of urea groups is 1. The number of sulfonamides is 1. The minimum atomic E-state index is -4.67. The maximum absolute atomic E-state index is 12.9. The molecule has 0 fully saturated rings. The second-order valence-corrected chi connectivity index (χ2v) is 8.21. The van der Waals surface area contributed by atoms with E-state index in [-0.39, 0.29) is 22.1 Å². The number of hydrogen-bond acceptors (Lipinski definition) is 4. The number of carbonyl (C=O) groups excluding carboxylic acids is 1. The lowest BCUT2D eigenvalue weighted by Gasteiger charge is -2.12. The molecule has 2 amide bonds. The molecule has 0 saturated carbocycles. The van der Waals surface area contributed by atoms with Crippen LogP contribution in [0.15, 0.2) is 71.8 Å². The van der Waals surface area contributed by atoms with Crippen molar-refractivity contribution in [3.8, 4) is 0 Å². The van der Waals surface area contributed by atoms with E-state index in [0.29, 0.717) is 6.07 Å². The van der Waals surface area contributed by atoms with Crippen LogP contribution in [-0.2, 0) is 16.2 Å². The molecule has 2 aromatic carbocycles. The number of nitrogens with zero attached hydrogens (tertiary/aromatic N) is 1. The predicted octanol–water partition coefficient (Wildman–Crippen LogP) is 5.20. The summed E-state index contributed by atoms with van der Waals surface area (Å²) in [6.07, 6.45) is -3.24. The fourth-order valence-electron chi connectivity index (χ4n) is 2.45. The zero-order chi connectivity index (χ0) is 22.6. The highest BCUT2D eigenvalue weighted by Crippen LogP contribution is 2.36. The molecular weight excluding hydrogens is 457 g/mol. The lowest BCUT2D eigenvalue weighted by Crippen LogP contribution is -2.20. The fraction of sp³-hybridized carbons (Fsp3) is 0.0526. The number of amides is 2. The molecule has 1 heterocycles. The van der Waals surface area contributed by atoms with E-state index in [1.54, 1.807) is 12.1 Å². The molecule has 0 unspecified atom stereocenters. The standard InChI is InChI=1S/C19H14ClF3N4O3S/c20-16-9-6-13(11-15(16)19(21,22)23)26-18(28)25-12-4-7-14(8-5-12)31(29,30)27-17-3-1-2-10-24-17/h1-11H,(H,24,27)(H2,25,26,28). The third-order valence-electron chi connectivity index (χ3n) is 3.86. The van der Waals surface area contributed by atoms with Crippen molar-refractivity contribution in [1.29, 1.82) is 0 Å². The van der Waals surface area contributed by atoms with Gasteiger partial charge in [-0.25, -0.2) is 18.2 Å². The average Bonchev–Trinajstić information content (AvgIpc) is 2.69. The molecule has 31 heavy (non-hydrogen) atoms. The van der Waals surface area contributed by atoms with Crippen LogP contribution in [0.1, 0.15) is 5.56 Å². The van der Waals surface area contributed by atoms with Gasteiger partial charge >= 0.3 is 12.2 Å². The highest BCUT2D eigenvalue weighted by atomic mass is 35.5. The number of anilines is 3. The van der Waals surface area contributed by atoms with Crippen LogP contribution in [0.4, 0.5) is 35.2 Å². The topological polar surface area (TPSA) is 100 Å². The number of nitrogens with one attached hydrogen (secondary N) is 3. The van der Waals surface area contributed by atoms with Crippen molar-refractivity contribution in [2.45, 2.75) is 11.1 Å². The Bertz CT molecular complexity index is 1190. The fourth-order valence-corrected chi connectivity index (χ4v) is 3.68. The molecule has 0 bridgehead atoms. The summed E-state index contributed by atoms with van der Waals surface area (Å²) in [5.41, 5.74) is -0.978. The summed E-state index contributed by atoms with van der Waals surface area (Å²) in [4.78, 5) is 15.9. The van der Waals surface area contributed by atoms with Gasteiger partial charge in [0.05, 0.1) is 15.5 Å². The molecule has 162 valence electrons. The van der Waals surface area contributed by atoms with Gasteiger partial charge in [-0.05, 0) is 54.6 Å².